The van der Waals surface area contributed by atoms with Crippen molar-refractivity contribution in [2.75, 3.05) is 5.75 Å². The van der Waals surface area contributed by atoms with Crippen molar-refractivity contribution in [3.63, 3.8) is 0 Å². The van der Waals surface area contributed by atoms with Crippen LogP contribution in [0.1, 0.15) is 28.2 Å². The third-order valence-corrected chi connectivity index (χ3v) is 6.56. The third-order valence-electron chi connectivity index (χ3n) is 5.02. The van der Waals surface area contributed by atoms with Gasteiger partial charge in [-0.2, -0.15) is 0 Å². The highest BCUT2D eigenvalue weighted by molar-refractivity contribution is 8.00. The minimum Gasteiger partial charge on any atom is -0.140 e. The van der Waals surface area contributed by atoms with E-state index < -0.39 is 0 Å². The average Bonchev–Trinajstić information content (AvgIpc) is 2.70. The van der Waals surface area contributed by atoms with Gasteiger partial charge in [-0.25, -0.2) is 0 Å². The zero-order valence-electron chi connectivity index (χ0n) is 14.4. The first kappa shape index (κ1) is 16.2. The summed E-state index contributed by atoms with van der Waals surface area (Å²) in [6.45, 7) is 2.15. The summed E-state index contributed by atoms with van der Waals surface area (Å²) in [5, 5.41) is 0. The summed E-state index contributed by atoms with van der Waals surface area (Å²) in [5.74, 6) is 1.35. The van der Waals surface area contributed by atoms with E-state index in [4.69, 9.17) is 0 Å². The Morgan fingerprint density at radius 3 is 1.88 bits per heavy atom. The van der Waals surface area contributed by atoms with Crippen molar-refractivity contribution in [2.45, 2.75) is 17.6 Å². The van der Waals surface area contributed by atoms with Crippen molar-refractivity contribution in [1.82, 2.24) is 0 Å². The van der Waals surface area contributed by atoms with Crippen molar-refractivity contribution in [2.24, 2.45) is 0 Å². The molecule has 1 heterocycles. The molecule has 1 atom stereocenters. The molecule has 0 bridgehead atoms. The van der Waals surface area contributed by atoms with Crippen LogP contribution in [0.2, 0.25) is 0 Å². The molecule has 0 fully saturated rings. The maximum atomic E-state index is 2.40. The van der Waals surface area contributed by atoms with Gasteiger partial charge in [0.1, 0.15) is 0 Å². The van der Waals surface area contributed by atoms with Gasteiger partial charge in [-0.05, 0) is 23.6 Å². The molecule has 0 radical (unpaired) electrons. The second-order valence-corrected chi connectivity index (χ2v) is 7.86. The van der Waals surface area contributed by atoms with Gasteiger partial charge >= 0.3 is 0 Å². The number of hydrogen-bond acceptors (Lipinski definition) is 1. The Bertz CT molecular complexity index is 808. The van der Waals surface area contributed by atoms with Crippen LogP contribution in [0.5, 0.6) is 0 Å². The Labute approximate surface area is 154 Å². The van der Waals surface area contributed by atoms with E-state index in [1.54, 1.807) is 0 Å². The molecule has 0 aliphatic carbocycles. The maximum Gasteiger partial charge on any atom is 0.0763 e. The first-order chi connectivity index (χ1) is 12.3. The van der Waals surface area contributed by atoms with E-state index in [0.29, 0.717) is 5.92 Å². The van der Waals surface area contributed by atoms with Crippen LogP contribution >= 0.6 is 11.8 Å². The third kappa shape index (κ3) is 2.94. The summed E-state index contributed by atoms with van der Waals surface area (Å²) < 4.78 is -0.0907. The Hall–Kier alpha value is -2.25. The van der Waals surface area contributed by atoms with Crippen LogP contribution in [0, 0.1) is 6.92 Å². The largest absolute Gasteiger partial charge is 0.140 e. The fourth-order valence-corrected chi connectivity index (χ4v) is 5.25. The highest BCUT2D eigenvalue weighted by atomic mass is 32.2. The van der Waals surface area contributed by atoms with Crippen molar-refractivity contribution >= 4 is 11.8 Å². The minimum absolute atomic E-state index is 0.0907. The van der Waals surface area contributed by atoms with E-state index in [2.05, 4.69) is 104 Å². The maximum absolute atomic E-state index is 2.40. The summed E-state index contributed by atoms with van der Waals surface area (Å²) in [4.78, 5) is 0. The molecular formula is C24H22S. The molecule has 0 saturated heterocycles. The van der Waals surface area contributed by atoms with Gasteiger partial charge in [0, 0.05) is 11.7 Å². The molecule has 0 nitrogen and oxygen atoms in total. The van der Waals surface area contributed by atoms with Crippen molar-refractivity contribution in [1.29, 1.82) is 0 Å². The fraction of sp³-hybridized carbons (Fsp3) is 0.167. The van der Waals surface area contributed by atoms with Crippen molar-refractivity contribution in [3.05, 3.63) is 119 Å². The summed E-state index contributed by atoms with van der Waals surface area (Å²) in [6, 6.07) is 31.0. The topological polar surface area (TPSA) is 0 Å². The summed E-state index contributed by atoms with van der Waals surface area (Å²) in [7, 11) is 0. The minimum atomic E-state index is -0.0907. The number of hydrogen-bond donors (Lipinski definition) is 0. The molecular weight excluding hydrogens is 320 g/mol. The number of allylic oxidation sites excluding steroid dienone is 1. The molecule has 0 saturated carbocycles. The fourth-order valence-electron chi connectivity index (χ4n) is 3.78. The number of thioether (sulfide) groups is 1. The van der Waals surface area contributed by atoms with Crippen LogP contribution in [-0.2, 0) is 4.75 Å². The van der Waals surface area contributed by atoms with Gasteiger partial charge in [-0.3, -0.25) is 0 Å². The number of rotatable bonds is 3. The molecule has 1 aliphatic heterocycles. The molecule has 0 aromatic heterocycles. The van der Waals surface area contributed by atoms with Gasteiger partial charge in [0.15, 0.2) is 0 Å². The molecule has 4 rings (SSSR count). The van der Waals surface area contributed by atoms with Gasteiger partial charge in [-0.15, -0.1) is 11.8 Å². The lowest BCUT2D eigenvalue weighted by atomic mass is 9.75. The van der Waals surface area contributed by atoms with Crippen LogP contribution in [0.4, 0.5) is 0 Å². The van der Waals surface area contributed by atoms with Gasteiger partial charge in [0.05, 0.1) is 4.75 Å². The molecule has 0 spiro atoms. The summed E-state index contributed by atoms with van der Waals surface area (Å²) in [5.41, 5.74) is 5.44. The predicted molar refractivity (Wildman–Crippen MR) is 109 cm³/mol. The van der Waals surface area contributed by atoms with Crippen LogP contribution in [0.25, 0.3) is 0 Å². The quantitative estimate of drug-likeness (QED) is 0.501. The smallest absolute Gasteiger partial charge is 0.0763 e. The molecule has 1 heteroatoms. The molecule has 3 aromatic carbocycles. The van der Waals surface area contributed by atoms with Gasteiger partial charge in [0.2, 0.25) is 0 Å². The second-order valence-electron chi connectivity index (χ2n) is 6.60. The molecule has 3 aromatic rings. The average molecular weight is 343 g/mol. The van der Waals surface area contributed by atoms with E-state index in [-0.39, 0.29) is 4.75 Å². The molecule has 124 valence electrons. The molecule has 25 heavy (non-hydrogen) atoms. The normalized spacial score (nSPS) is 18.8. The lowest BCUT2D eigenvalue weighted by Gasteiger charge is -2.42. The van der Waals surface area contributed by atoms with E-state index in [9.17, 15) is 0 Å². The molecule has 1 aliphatic rings. The van der Waals surface area contributed by atoms with Crippen LogP contribution < -0.4 is 0 Å². The van der Waals surface area contributed by atoms with Crippen molar-refractivity contribution < 1.29 is 0 Å². The molecule has 0 amide bonds. The zero-order valence-corrected chi connectivity index (χ0v) is 15.2. The van der Waals surface area contributed by atoms with Crippen LogP contribution in [0.15, 0.2) is 97.1 Å². The predicted octanol–water partition coefficient (Wildman–Crippen LogP) is 6.33. The Morgan fingerprint density at radius 2 is 1.32 bits per heavy atom. The Morgan fingerprint density at radius 1 is 0.760 bits per heavy atom. The van der Waals surface area contributed by atoms with Crippen molar-refractivity contribution in [3.8, 4) is 0 Å². The first-order valence-corrected chi connectivity index (χ1v) is 9.77. The van der Waals surface area contributed by atoms with Crippen LogP contribution in [0.3, 0.4) is 0 Å². The standard InChI is InChI=1S/C24H22S/c1-19-14-16-20(17-15-19)23-13-8-18-25-24(23,21-9-4-2-5-10-21)22-11-6-3-7-12-22/h2-17,23H,18H2,1H3. The number of benzene rings is 3. The van der Waals surface area contributed by atoms with E-state index in [0.717, 1.165) is 5.75 Å². The second kappa shape index (κ2) is 6.93. The van der Waals surface area contributed by atoms with Gasteiger partial charge in [-0.1, -0.05) is 103 Å². The molecule has 0 N–H and O–H groups in total. The summed E-state index contributed by atoms with van der Waals surface area (Å²) in [6.07, 6.45) is 4.72. The monoisotopic (exact) mass is 342 g/mol. The SMILES string of the molecule is Cc1ccc(C2C=CCSC2(c2ccccc2)c2ccccc2)cc1. The van der Waals surface area contributed by atoms with Gasteiger partial charge < -0.3 is 0 Å². The number of aryl methyl sites for hydroxylation is 1. The van der Waals surface area contributed by atoms with E-state index in [1.807, 2.05) is 11.8 Å². The lowest BCUT2D eigenvalue weighted by Crippen LogP contribution is -2.33. The first-order valence-electron chi connectivity index (χ1n) is 8.79. The lowest BCUT2D eigenvalue weighted by molar-refractivity contribution is 0.649. The van der Waals surface area contributed by atoms with E-state index in [1.165, 1.54) is 22.3 Å². The van der Waals surface area contributed by atoms with Gasteiger partial charge in [0.25, 0.3) is 0 Å². The van der Waals surface area contributed by atoms with Crippen LogP contribution in [-0.4, -0.2) is 5.75 Å². The van der Waals surface area contributed by atoms with E-state index >= 15 is 0 Å². The highest BCUT2D eigenvalue weighted by Crippen LogP contribution is 2.55. The Balaban J connectivity index is 1.95. The summed E-state index contributed by atoms with van der Waals surface area (Å²) >= 11 is 2.04. The highest BCUT2D eigenvalue weighted by Gasteiger charge is 2.43. The molecule has 1 unspecified atom stereocenters. The Kier molecular flexibility index (Phi) is 4.50. The zero-order chi connectivity index (χ0) is 17.1.